The van der Waals surface area contributed by atoms with Crippen LogP contribution in [0.2, 0.25) is 0 Å². The molecule has 2 rings (SSSR count). The Morgan fingerprint density at radius 2 is 2.10 bits per heavy atom. The number of alkyl halides is 3. The zero-order chi connectivity index (χ0) is 15.6. The van der Waals surface area contributed by atoms with Gasteiger partial charge in [-0.1, -0.05) is 6.92 Å². The molecule has 1 aliphatic rings. The van der Waals surface area contributed by atoms with E-state index in [1.54, 1.807) is 6.92 Å². The first-order valence-electron chi connectivity index (χ1n) is 7.09. The van der Waals surface area contributed by atoms with Crippen molar-refractivity contribution in [2.45, 2.75) is 50.9 Å². The lowest BCUT2D eigenvalue weighted by atomic mass is 10.0. The van der Waals surface area contributed by atoms with Crippen LogP contribution in [0.4, 0.5) is 13.2 Å². The first-order chi connectivity index (χ1) is 9.82. The van der Waals surface area contributed by atoms with Crippen molar-refractivity contribution in [3.8, 4) is 0 Å². The van der Waals surface area contributed by atoms with E-state index in [9.17, 15) is 18.0 Å². The fourth-order valence-corrected chi connectivity index (χ4v) is 2.70. The van der Waals surface area contributed by atoms with Gasteiger partial charge in [-0.15, -0.1) is 0 Å². The van der Waals surface area contributed by atoms with Gasteiger partial charge in [0.25, 0.3) is 5.91 Å². The van der Waals surface area contributed by atoms with Crippen LogP contribution in [0.1, 0.15) is 47.7 Å². The number of hydrogen-bond acceptors (Lipinski definition) is 2. The van der Waals surface area contributed by atoms with Crippen LogP contribution in [0.25, 0.3) is 0 Å². The maximum Gasteiger partial charge on any atom is 0.416 e. The third kappa shape index (κ3) is 3.56. The number of halogens is 3. The summed E-state index contributed by atoms with van der Waals surface area (Å²) in [7, 11) is 0. The summed E-state index contributed by atoms with van der Waals surface area (Å²) in [6.07, 6.45) is -1.40. The molecule has 1 aliphatic carbocycles. The Morgan fingerprint density at radius 3 is 2.62 bits per heavy atom. The molecule has 1 saturated carbocycles. The van der Waals surface area contributed by atoms with E-state index in [1.807, 2.05) is 0 Å². The summed E-state index contributed by atoms with van der Waals surface area (Å²) in [5.74, 6) is -0.345. The van der Waals surface area contributed by atoms with Crippen molar-refractivity contribution >= 4 is 5.91 Å². The molecule has 0 radical (unpaired) electrons. The Kier molecular flexibility index (Phi) is 4.56. The SMILES string of the molecule is CCc1cc(C(F)(F)F)ccc1C(=O)NC1CCCC1N. The summed E-state index contributed by atoms with van der Waals surface area (Å²) >= 11 is 0. The Bertz CT molecular complexity index is 528. The van der Waals surface area contributed by atoms with Crippen molar-refractivity contribution in [1.29, 1.82) is 0 Å². The number of carbonyl (C=O) groups excluding carboxylic acids is 1. The fourth-order valence-electron chi connectivity index (χ4n) is 2.70. The quantitative estimate of drug-likeness (QED) is 0.902. The second kappa shape index (κ2) is 6.05. The average Bonchev–Trinajstić information content (AvgIpc) is 2.82. The second-order valence-electron chi connectivity index (χ2n) is 5.40. The summed E-state index contributed by atoms with van der Waals surface area (Å²) < 4.78 is 38.1. The van der Waals surface area contributed by atoms with Crippen LogP contribution in [0.3, 0.4) is 0 Å². The van der Waals surface area contributed by atoms with Crippen molar-refractivity contribution in [3.63, 3.8) is 0 Å². The van der Waals surface area contributed by atoms with Crippen LogP contribution >= 0.6 is 0 Å². The predicted octanol–water partition coefficient (Wildman–Crippen LogP) is 2.88. The van der Waals surface area contributed by atoms with Crippen LogP contribution in [-0.2, 0) is 12.6 Å². The molecular formula is C15H19F3N2O. The van der Waals surface area contributed by atoms with Crippen LogP contribution in [0.5, 0.6) is 0 Å². The summed E-state index contributed by atoms with van der Waals surface area (Å²) in [4.78, 5) is 12.2. The number of nitrogens with one attached hydrogen (secondary N) is 1. The van der Waals surface area contributed by atoms with Gasteiger partial charge in [0, 0.05) is 17.6 Å². The zero-order valence-corrected chi connectivity index (χ0v) is 11.8. The summed E-state index contributed by atoms with van der Waals surface area (Å²) in [6.45, 7) is 1.73. The minimum absolute atomic E-state index is 0.0755. The molecule has 116 valence electrons. The molecule has 0 bridgehead atoms. The van der Waals surface area contributed by atoms with Crippen LogP contribution in [0, 0.1) is 0 Å². The predicted molar refractivity (Wildman–Crippen MR) is 73.9 cm³/mol. The molecule has 0 aromatic heterocycles. The largest absolute Gasteiger partial charge is 0.416 e. The molecule has 21 heavy (non-hydrogen) atoms. The normalized spacial score (nSPS) is 22.3. The highest BCUT2D eigenvalue weighted by atomic mass is 19.4. The number of carbonyl (C=O) groups is 1. The molecule has 0 saturated heterocycles. The molecule has 0 heterocycles. The molecule has 0 aliphatic heterocycles. The third-order valence-electron chi connectivity index (χ3n) is 3.94. The number of benzene rings is 1. The molecule has 1 amide bonds. The van der Waals surface area contributed by atoms with Crippen molar-refractivity contribution in [2.24, 2.45) is 5.73 Å². The van der Waals surface area contributed by atoms with E-state index in [-0.39, 0.29) is 18.0 Å². The van der Waals surface area contributed by atoms with Crippen LogP contribution in [-0.4, -0.2) is 18.0 Å². The smallest absolute Gasteiger partial charge is 0.348 e. The highest BCUT2D eigenvalue weighted by Crippen LogP contribution is 2.31. The van der Waals surface area contributed by atoms with E-state index in [2.05, 4.69) is 5.32 Å². The Balaban J connectivity index is 2.20. The minimum atomic E-state index is -4.40. The van der Waals surface area contributed by atoms with E-state index in [4.69, 9.17) is 5.73 Å². The fraction of sp³-hybridized carbons (Fsp3) is 0.533. The number of nitrogens with two attached hydrogens (primary N) is 1. The Morgan fingerprint density at radius 1 is 1.38 bits per heavy atom. The molecule has 2 atom stereocenters. The van der Waals surface area contributed by atoms with Crippen LogP contribution in [0.15, 0.2) is 18.2 Å². The molecule has 2 unspecified atom stereocenters. The van der Waals surface area contributed by atoms with Gasteiger partial charge < -0.3 is 11.1 Å². The molecule has 6 heteroatoms. The monoisotopic (exact) mass is 300 g/mol. The lowest BCUT2D eigenvalue weighted by molar-refractivity contribution is -0.137. The summed E-state index contributed by atoms with van der Waals surface area (Å²) in [5.41, 5.74) is 5.86. The Labute approximate surface area is 121 Å². The third-order valence-corrected chi connectivity index (χ3v) is 3.94. The highest BCUT2D eigenvalue weighted by Gasteiger charge is 2.32. The molecule has 1 aromatic rings. The standard InChI is InChI=1S/C15H19F3N2O/c1-2-9-8-10(15(16,17)18)6-7-11(9)14(21)20-13-5-3-4-12(13)19/h6-8,12-13H,2-5,19H2,1H3,(H,20,21). The van der Waals surface area contributed by atoms with Gasteiger partial charge in [0.1, 0.15) is 0 Å². The molecule has 3 nitrogen and oxygen atoms in total. The topological polar surface area (TPSA) is 55.1 Å². The number of amides is 1. The maximum absolute atomic E-state index is 12.7. The van der Waals surface area contributed by atoms with Gasteiger partial charge >= 0.3 is 6.18 Å². The van der Waals surface area contributed by atoms with Gasteiger partial charge in [-0.25, -0.2) is 0 Å². The zero-order valence-electron chi connectivity index (χ0n) is 11.8. The van der Waals surface area contributed by atoms with Crippen molar-refractivity contribution in [3.05, 3.63) is 34.9 Å². The van der Waals surface area contributed by atoms with E-state index < -0.39 is 11.7 Å². The van der Waals surface area contributed by atoms with Gasteiger partial charge in [-0.2, -0.15) is 13.2 Å². The molecule has 1 aromatic carbocycles. The van der Waals surface area contributed by atoms with Gasteiger partial charge in [-0.3, -0.25) is 4.79 Å². The molecule has 0 spiro atoms. The minimum Gasteiger partial charge on any atom is -0.348 e. The van der Waals surface area contributed by atoms with Gasteiger partial charge in [0.2, 0.25) is 0 Å². The molecule has 3 N–H and O–H groups in total. The molecule has 1 fully saturated rings. The Hall–Kier alpha value is -1.56. The second-order valence-corrected chi connectivity index (χ2v) is 5.40. The number of aryl methyl sites for hydroxylation is 1. The first kappa shape index (κ1) is 15.8. The van der Waals surface area contributed by atoms with Gasteiger partial charge in [0.05, 0.1) is 5.56 Å². The number of rotatable bonds is 3. The summed E-state index contributed by atoms with van der Waals surface area (Å²) in [5, 5.41) is 2.83. The first-order valence-corrected chi connectivity index (χ1v) is 7.09. The van der Waals surface area contributed by atoms with Crippen LogP contribution < -0.4 is 11.1 Å². The lowest BCUT2D eigenvalue weighted by Gasteiger charge is -2.19. The van der Waals surface area contributed by atoms with Gasteiger partial charge in [0.15, 0.2) is 0 Å². The highest BCUT2D eigenvalue weighted by molar-refractivity contribution is 5.96. The maximum atomic E-state index is 12.7. The number of hydrogen-bond donors (Lipinski definition) is 2. The van der Waals surface area contributed by atoms with Crippen molar-refractivity contribution in [2.75, 3.05) is 0 Å². The molecular weight excluding hydrogens is 281 g/mol. The van der Waals surface area contributed by atoms with E-state index >= 15 is 0 Å². The van der Waals surface area contributed by atoms with Crippen molar-refractivity contribution < 1.29 is 18.0 Å². The van der Waals surface area contributed by atoms with E-state index in [1.165, 1.54) is 6.07 Å². The van der Waals surface area contributed by atoms with E-state index in [0.29, 0.717) is 17.5 Å². The summed E-state index contributed by atoms with van der Waals surface area (Å²) in [6, 6.07) is 3.07. The van der Waals surface area contributed by atoms with E-state index in [0.717, 1.165) is 31.4 Å². The lowest BCUT2D eigenvalue weighted by Crippen LogP contribution is -2.44. The van der Waals surface area contributed by atoms with Gasteiger partial charge in [-0.05, 0) is 49.4 Å². The average molecular weight is 300 g/mol. The van der Waals surface area contributed by atoms with Crippen molar-refractivity contribution in [1.82, 2.24) is 5.32 Å².